The molecule has 2 N–H and O–H groups in total. The van der Waals surface area contributed by atoms with Crippen molar-refractivity contribution < 1.29 is 19.1 Å². The molecule has 0 saturated carbocycles. The summed E-state index contributed by atoms with van der Waals surface area (Å²) in [5, 5.41) is 13.1. The predicted octanol–water partition coefficient (Wildman–Crippen LogP) is 3.20. The molecule has 2 rings (SSSR count). The van der Waals surface area contributed by atoms with Gasteiger partial charge in [-0.1, -0.05) is 42.5 Å². The minimum atomic E-state index is -1.29. The first-order chi connectivity index (χ1) is 11.9. The monoisotopic (exact) mass is 343 g/mol. The Balaban J connectivity index is 1.75. The van der Waals surface area contributed by atoms with Crippen molar-refractivity contribution in [1.29, 1.82) is 0 Å². The van der Waals surface area contributed by atoms with Gasteiger partial charge in [0.25, 0.3) is 0 Å². The van der Waals surface area contributed by atoms with E-state index in [2.05, 4.69) is 5.32 Å². The number of hydrogen-bond acceptors (Lipinski definition) is 3. The zero-order chi connectivity index (χ0) is 18.3. The van der Waals surface area contributed by atoms with E-state index in [1.54, 1.807) is 31.2 Å². The van der Waals surface area contributed by atoms with Crippen LogP contribution < -0.4 is 5.32 Å². The van der Waals surface area contributed by atoms with E-state index in [1.165, 1.54) is 24.3 Å². The van der Waals surface area contributed by atoms with Gasteiger partial charge in [0.1, 0.15) is 11.4 Å². The maximum atomic E-state index is 12.9. The van der Waals surface area contributed by atoms with E-state index >= 15 is 0 Å². The molecule has 1 atom stereocenters. The number of carbonyl (C=O) groups excluding carboxylic acids is 2. The zero-order valence-corrected chi connectivity index (χ0v) is 14.2. The Morgan fingerprint density at radius 1 is 1.04 bits per heavy atom. The van der Waals surface area contributed by atoms with Gasteiger partial charge in [0, 0.05) is 18.4 Å². The third kappa shape index (κ3) is 5.80. The first-order valence-electron chi connectivity index (χ1n) is 8.22. The molecule has 25 heavy (non-hydrogen) atoms. The van der Waals surface area contributed by atoms with Crippen LogP contribution in [0.25, 0.3) is 0 Å². The van der Waals surface area contributed by atoms with Crippen LogP contribution in [0.5, 0.6) is 0 Å². The smallest absolute Gasteiger partial charge is 0.220 e. The molecule has 1 unspecified atom stereocenters. The first-order valence-corrected chi connectivity index (χ1v) is 8.22. The summed E-state index contributed by atoms with van der Waals surface area (Å²) in [6.45, 7) is 1.57. The average molecular weight is 343 g/mol. The van der Waals surface area contributed by atoms with Gasteiger partial charge >= 0.3 is 0 Å². The average Bonchev–Trinajstić information content (AvgIpc) is 2.61. The molecule has 0 spiro atoms. The summed E-state index contributed by atoms with van der Waals surface area (Å²) in [4.78, 5) is 23.9. The van der Waals surface area contributed by atoms with Crippen molar-refractivity contribution in [2.24, 2.45) is 0 Å². The highest BCUT2D eigenvalue weighted by Gasteiger charge is 2.23. The number of hydrogen-bond donors (Lipinski definition) is 2. The predicted molar refractivity (Wildman–Crippen MR) is 93.6 cm³/mol. The van der Waals surface area contributed by atoms with Gasteiger partial charge in [0.2, 0.25) is 5.91 Å². The van der Waals surface area contributed by atoms with E-state index < -0.39 is 5.60 Å². The van der Waals surface area contributed by atoms with Crippen LogP contribution in [0.4, 0.5) is 4.39 Å². The number of nitrogens with one attached hydrogen (secondary N) is 1. The van der Waals surface area contributed by atoms with Crippen molar-refractivity contribution in [3.63, 3.8) is 0 Å². The molecule has 0 aliphatic rings. The van der Waals surface area contributed by atoms with E-state index in [1.807, 2.05) is 6.07 Å². The fourth-order valence-corrected chi connectivity index (χ4v) is 2.45. The summed E-state index contributed by atoms with van der Waals surface area (Å²) in [6, 6.07) is 14.5. The van der Waals surface area contributed by atoms with Gasteiger partial charge in [-0.25, -0.2) is 4.39 Å². The number of benzene rings is 2. The Hall–Kier alpha value is -2.53. The van der Waals surface area contributed by atoms with Gasteiger partial charge in [-0.2, -0.15) is 0 Å². The Bertz CT molecular complexity index is 711. The summed E-state index contributed by atoms with van der Waals surface area (Å²) >= 11 is 0. The van der Waals surface area contributed by atoms with Gasteiger partial charge in [0.15, 0.2) is 5.78 Å². The maximum Gasteiger partial charge on any atom is 0.220 e. The molecule has 0 radical (unpaired) electrons. The van der Waals surface area contributed by atoms with Gasteiger partial charge < -0.3 is 10.4 Å². The summed E-state index contributed by atoms with van der Waals surface area (Å²) in [5.41, 5.74) is -0.126. The molecule has 2 aromatic carbocycles. The number of rotatable bonds is 8. The molecule has 132 valence electrons. The number of carbonyl (C=O) groups is 2. The molecule has 0 bridgehead atoms. The largest absolute Gasteiger partial charge is 0.384 e. The number of Topliss-reactive ketones (excluding diaryl/α,β-unsaturated/α-hetero) is 1. The van der Waals surface area contributed by atoms with E-state index in [-0.39, 0.29) is 30.5 Å². The fourth-order valence-electron chi connectivity index (χ4n) is 2.45. The zero-order valence-electron chi connectivity index (χ0n) is 14.2. The lowest BCUT2D eigenvalue weighted by Gasteiger charge is -2.24. The van der Waals surface area contributed by atoms with Crippen LogP contribution in [-0.4, -0.2) is 23.3 Å². The highest BCUT2D eigenvalue weighted by molar-refractivity contribution is 5.96. The van der Waals surface area contributed by atoms with Crippen LogP contribution in [0.1, 0.15) is 42.1 Å². The SMILES string of the molecule is CC(O)(CNC(=O)CCCC(=O)c1ccccc1)c1ccc(F)cc1. The molecule has 0 aromatic heterocycles. The van der Waals surface area contributed by atoms with E-state index in [4.69, 9.17) is 0 Å². The van der Waals surface area contributed by atoms with Crippen LogP contribution in [0.2, 0.25) is 0 Å². The molecular weight excluding hydrogens is 321 g/mol. The van der Waals surface area contributed by atoms with E-state index in [0.29, 0.717) is 24.0 Å². The van der Waals surface area contributed by atoms with E-state index in [0.717, 1.165) is 0 Å². The minimum Gasteiger partial charge on any atom is -0.384 e. The second-order valence-corrected chi connectivity index (χ2v) is 6.20. The second-order valence-electron chi connectivity index (χ2n) is 6.20. The van der Waals surface area contributed by atoms with Crippen molar-refractivity contribution in [3.05, 3.63) is 71.5 Å². The maximum absolute atomic E-state index is 12.9. The van der Waals surface area contributed by atoms with Crippen LogP contribution in [-0.2, 0) is 10.4 Å². The molecule has 4 nitrogen and oxygen atoms in total. The van der Waals surface area contributed by atoms with Crippen LogP contribution >= 0.6 is 0 Å². The third-order valence-corrected chi connectivity index (χ3v) is 4.00. The van der Waals surface area contributed by atoms with Crippen LogP contribution in [0.15, 0.2) is 54.6 Å². The first kappa shape index (κ1) is 18.8. The lowest BCUT2D eigenvalue weighted by atomic mass is 9.96. The summed E-state index contributed by atoms with van der Waals surface area (Å²) in [7, 11) is 0. The third-order valence-electron chi connectivity index (χ3n) is 4.00. The molecule has 1 amide bonds. The number of halogens is 1. The molecule has 2 aromatic rings. The second kappa shape index (κ2) is 8.53. The molecular formula is C20H22FNO3. The van der Waals surface area contributed by atoms with Crippen molar-refractivity contribution in [3.8, 4) is 0 Å². The normalized spacial score (nSPS) is 13.1. The summed E-state index contributed by atoms with van der Waals surface area (Å²) < 4.78 is 12.9. The lowest BCUT2D eigenvalue weighted by molar-refractivity contribution is -0.122. The van der Waals surface area contributed by atoms with Crippen molar-refractivity contribution >= 4 is 11.7 Å². The van der Waals surface area contributed by atoms with Crippen LogP contribution in [0, 0.1) is 5.82 Å². The highest BCUT2D eigenvalue weighted by Crippen LogP contribution is 2.20. The molecule has 0 saturated heterocycles. The Labute approximate surface area is 146 Å². The topological polar surface area (TPSA) is 66.4 Å². The van der Waals surface area contributed by atoms with Gasteiger partial charge in [-0.05, 0) is 31.0 Å². The van der Waals surface area contributed by atoms with Crippen molar-refractivity contribution in [2.45, 2.75) is 31.8 Å². The fraction of sp³-hybridized carbons (Fsp3) is 0.300. The molecule has 0 aliphatic heterocycles. The Morgan fingerprint density at radius 2 is 1.68 bits per heavy atom. The quantitative estimate of drug-likeness (QED) is 0.723. The highest BCUT2D eigenvalue weighted by atomic mass is 19.1. The van der Waals surface area contributed by atoms with Crippen LogP contribution in [0.3, 0.4) is 0 Å². The van der Waals surface area contributed by atoms with Gasteiger partial charge in [-0.15, -0.1) is 0 Å². The van der Waals surface area contributed by atoms with Gasteiger partial charge in [-0.3, -0.25) is 9.59 Å². The lowest BCUT2D eigenvalue weighted by Crippen LogP contribution is -2.38. The Morgan fingerprint density at radius 3 is 2.32 bits per heavy atom. The molecule has 0 heterocycles. The number of aliphatic hydroxyl groups is 1. The molecule has 0 fully saturated rings. The van der Waals surface area contributed by atoms with E-state index in [9.17, 15) is 19.1 Å². The van der Waals surface area contributed by atoms with Crippen molar-refractivity contribution in [1.82, 2.24) is 5.32 Å². The standard InChI is InChI=1S/C20H22FNO3/c1-20(25,16-10-12-17(21)13-11-16)14-22-19(24)9-5-8-18(23)15-6-3-2-4-7-15/h2-4,6-7,10-13,25H,5,8-9,14H2,1H3,(H,22,24). The molecule has 5 heteroatoms. The number of ketones is 1. The molecule has 0 aliphatic carbocycles. The van der Waals surface area contributed by atoms with Crippen molar-refractivity contribution in [2.75, 3.05) is 6.54 Å². The summed E-state index contributed by atoms with van der Waals surface area (Å²) in [5.74, 6) is -0.610. The Kier molecular flexibility index (Phi) is 6.42. The minimum absolute atomic E-state index is 0.00621. The van der Waals surface area contributed by atoms with Gasteiger partial charge in [0.05, 0.1) is 6.54 Å². The number of amides is 1. The summed E-state index contributed by atoms with van der Waals surface area (Å²) in [6.07, 6.45) is 0.947.